The number of H-pyrrole nitrogens is 1. The lowest BCUT2D eigenvalue weighted by molar-refractivity contribution is -0.115. The van der Waals surface area contributed by atoms with Gasteiger partial charge in [-0.15, -0.1) is 5.10 Å². The maximum atomic E-state index is 13.9. The second-order valence-corrected chi connectivity index (χ2v) is 7.57. The highest BCUT2D eigenvalue weighted by atomic mass is 32.2. The number of hydrogen-bond acceptors (Lipinski definition) is 4. The first kappa shape index (κ1) is 18.2. The number of hydrogen-bond donors (Lipinski definition) is 2. The molecule has 1 amide bonds. The van der Waals surface area contributed by atoms with Crippen LogP contribution in [0.1, 0.15) is 6.92 Å². The molecule has 1 aromatic heterocycles. The van der Waals surface area contributed by atoms with Gasteiger partial charge < -0.3 is 5.32 Å². The highest BCUT2D eigenvalue weighted by Gasteiger charge is 2.18. The zero-order chi connectivity index (χ0) is 19.5. The molecule has 0 bridgehead atoms. The molecule has 0 radical (unpaired) electrons. The zero-order valence-electron chi connectivity index (χ0n) is 15.0. The van der Waals surface area contributed by atoms with Crippen LogP contribution < -0.4 is 5.32 Å². The number of aromatic amines is 1. The van der Waals surface area contributed by atoms with Crippen LogP contribution in [-0.4, -0.2) is 26.3 Å². The lowest BCUT2D eigenvalue weighted by Crippen LogP contribution is -2.22. The number of rotatable bonds is 5. The zero-order valence-corrected chi connectivity index (χ0v) is 15.8. The van der Waals surface area contributed by atoms with Crippen LogP contribution in [0.5, 0.6) is 0 Å². The Labute approximate surface area is 165 Å². The van der Waals surface area contributed by atoms with E-state index in [-0.39, 0.29) is 11.7 Å². The minimum absolute atomic E-state index is 0.155. The van der Waals surface area contributed by atoms with Crippen LogP contribution in [0.3, 0.4) is 0 Å². The monoisotopic (exact) mass is 392 g/mol. The number of anilines is 1. The van der Waals surface area contributed by atoms with Crippen molar-refractivity contribution in [1.29, 1.82) is 0 Å². The molecule has 0 saturated heterocycles. The van der Waals surface area contributed by atoms with Crippen molar-refractivity contribution in [3.05, 3.63) is 72.5 Å². The van der Waals surface area contributed by atoms with Crippen LogP contribution >= 0.6 is 11.8 Å². The lowest BCUT2D eigenvalue weighted by Gasteiger charge is -2.10. The van der Waals surface area contributed by atoms with Gasteiger partial charge in [0.1, 0.15) is 5.82 Å². The fraction of sp³-hybridized carbons (Fsp3) is 0.0952. The molecule has 4 rings (SSSR count). The SMILES string of the molecule is C[C@@H](Sc1n[nH]c(-c2ccccc2F)n1)C(=O)Nc1ccc2ccccc2c1. The Morgan fingerprint density at radius 1 is 1.07 bits per heavy atom. The van der Waals surface area contributed by atoms with Gasteiger partial charge in [-0.2, -0.15) is 0 Å². The minimum Gasteiger partial charge on any atom is -0.325 e. The summed E-state index contributed by atoms with van der Waals surface area (Å²) in [5.74, 6) is -0.197. The largest absolute Gasteiger partial charge is 0.325 e. The van der Waals surface area contributed by atoms with E-state index in [0.29, 0.717) is 16.5 Å². The van der Waals surface area contributed by atoms with E-state index in [2.05, 4.69) is 20.5 Å². The Morgan fingerprint density at radius 2 is 1.82 bits per heavy atom. The maximum Gasteiger partial charge on any atom is 0.237 e. The summed E-state index contributed by atoms with van der Waals surface area (Å²) in [5.41, 5.74) is 1.08. The van der Waals surface area contributed by atoms with E-state index in [1.165, 1.54) is 17.8 Å². The second kappa shape index (κ2) is 7.82. The van der Waals surface area contributed by atoms with Crippen LogP contribution in [0.15, 0.2) is 71.9 Å². The second-order valence-electron chi connectivity index (χ2n) is 6.26. The number of carbonyl (C=O) groups is 1. The summed E-state index contributed by atoms with van der Waals surface area (Å²) in [6.07, 6.45) is 0. The molecule has 4 aromatic rings. The molecular weight excluding hydrogens is 375 g/mol. The van der Waals surface area contributed by atoms with Crippen molar-refractivity contribution in [2.45, 2.75) is 17.3 Å². The molecule has 0 unspecified atom stereocenters. The summed E-state index contributed by atoms with van der Waals surface area (Å²) in [6.45, 7) is 1.78. The summed E-state index contributed by atoms with van der Waals surface area (Å²) < 4.78 is 13.9. The Bertz CT molecular complexity index is 1140. The maximum absolute atomic E-state index is 13.9. The van der Waals surface area contributed by atoms with Gasteiger partial charge in [-0.1, -0.05) is 54.2 Å². The smallest absolute Gasteiger partial charge is 0.237 e. The van der Waals surface area contributed by atoms with Crippen LogP contribution in [-0.2, 0) is 4.79 Å². The number of benzene rings is 3. The van der Waals surface area contributed by atoms with Gasteiger partial charge in [0.05, 0.1) is 10.8 Å². The molecular formula is C21H17FN4OS. The third-order valence-corrected chi connectivity index (χ3v) is 5.22. The van der Waals surface area contributed by atoms with Crippen molar-refractivity contribution in [3.8, 4) is 11.4 Å². The predicted octanol–water partition coefficient (Wildman–Crippen LogP) is 4.88. The summed E-state index contributed by atoms with van der Waals surface area (Å²) in [7, 11) is 0. The standard InChI is InChI=1S/C21H17FN4OS/c1-13(20(27)23-16-11-10-14-6-2-3-7-15(14)12-16)28-21-24-19(25-26-21)17-8-4-5-9-18(17)22/h2-13H,1H3,(H,23,27)(H,24,25,26)/t13-/m1/s1. The number of aromatic nitrogens is 3. The predicted molar refractivity (Wildman–Crippen MR) is 110 cm³/mol. The van der Waals surface area contributed by atoms with E-state index in [1.807, 2.05) is 42.5 Å². The Hall–Kier alpha value is -3.19. The number of nitrogens with zero attached hydrogens (tertiary/aromatic N) is 2. The molecule has 140 valence electrons. The molecule has 0 spiro atoms. The van der Waals surface area contributed by atoms with Crippen molar-refractivity contribution in [2.24, 2.45) is 0 Å². The third-order valence-electron chi connectivity index (χ3n) is 4.26. The van der Waals surface area contributed by atoms with Crippen molar-refractivity contribution in [2.75, 3.05) is 5.32 Å². The van der Waals surface area contributed by atoms with Crippen molar-refractivity contribution >= 4 is 34.1 Å². The highest BCUT2D eigenvalue weighted by Crippen LogP contribution is 2.25. The van der Waals surface area contributed by atoms with E-state index in [0.717, 1.165) is 16.5 Å². The summed E-state index contributed by atoms with van der Waals surface area (Å²) >= 11 is 1.21. The molecule has 1 heterocycles. The molecule has 0 aliphatic carbocycles. The summed E-state index contributed by atoms with van der Waals surface area (Å²) in [5, 5.41) is 11.9. The van der Waals surface area contributed by atoms with Gasteiger partial charge in [-0.25, -0.2) is 9.37 Å². The lowest BCUT2D eigenvalue weighted by atomic mass is 10.1. The van der Waals surface area contributed by atoms with Gasteiger partial charge in [0.2, 0.25) is 11.1 Å². The Balaban J connectivity index is 1.43. The van der Waals surface area contributed by atoms with E-state index in [1.54, 1.807) is 25.1 Å². The van der Waals surface area contributed by atoms with Crippen molar-refractivity contribution in [1.82, 2.24) is 15.2 Å². The quantitative estimate of drug-likeness (QED) is 0.475. The van der Waals surface area contributed by atoms with Crippen LogP contribution in [0, 0.1) is 5.82 Å². The van der Waals surface area contributed by atoms with Gasteiger partial charge >= 0.3 is 0 Å². The first-order valence-corrected chi connectivity index (χ1v) is 9.62. The molecule has 3 aromatic carbocycles. The summed E-state index contributed by atoms with van der Waals surface area (Å²) in [6, 6.07) is 20.1. The fourth-order valence-electron chi connectivity index (χ4n) is 2.80. The van der Waals surface area contributed by atoms with Gasteiger partial charge in [-0.3, -0.25) is 9.89 Å². The summed E-state index contributed by atoms with van der Waals surface area (Å²) in [4.78, 5) is 16.8. The fourth-order valence-corrected chi connectivity index (χ4v) is 3.52. The van der Waals surface area contributed by atoms with E-state index in [4.69, 9.17) is 0 Å². The average molecular weight is 392 g/mol. The van der Waals surface area contributed by atoms with Crippen molar-refractivity contribution < 1.29 is 9.18 Å². The molecule has 28 heavy (non-hydrogen) atoms. The first-order chi connectivity index (χ1) is 13.6. The third kappa shape index (κ3) is 3.89. The number of amides is 1. The minimum atomic E-state index is -0.421. The van der Waals surface area contributed by atoms with Crippen LogP contribution in [0.4, 0.5) is 10.1 Å². The number of fused-ring (bicyclic) bond motifs is 1. The van der Waals surface area contributed by atoms with Crippen LogP contribution in [0.2, 0.25) is 0 Å². The van der Waals surface area contributed by atoms with E-state index < -0.39 is 5.25 Å². The topological polar surface area (TPSA) is 70.7 Å². The molecule has 0 saturated carbocycles. The van der Waals surface area contributed by atoms with E-state index in [9.17, 15) is 9.18 Å². The number of nitrogens with one attached hydrogen (secondary N) is 2. The van der Waals surface area contributed by atoms with Crippen LogP contribution in [0.25, 0.3) is 22.2 Å². The van der Waals surface area contributed by atoms with Gasteiger partial charge in [0.25, 0.3) is 0 Å². The number of thioether (sulfide) groups is 1. The van der Waals surface area contributed by atoms with Gasteiger partial charge in [0.15, 0.2) is 5.82 Å². The highest BCUT2D eigenvalue weighted by molar-refractivity contribution is 8.00. The Kier molecular flexibility index (Phi) is 5.08. The molecule has 5 nitrogen and oxygen atoms in total. The molecule has 2 N–H and O–H groups in total. The van der Waals surface area contributed by atoms with Crippen molar-refractivity contribution in [3.63, 3.8) is 0 Å². The molecule has 0 aliphatic rings. The number of carbonyl (C=O) groups excluding carboxylic acids is 1. The van der Waals surface area contributed by atoms with Gasteiger partial charge in [-0.05, 0) is 42.0 Å². The number of halogens is 1. The normalized spacial score (nSPS) is 12.1. The average Bonchev–Trinajstić information content (AvgIpc) is 3.16. The molecule has 0 fully saturated rings. The molecule has 1 atom stereocenters. The van der Waals surface area contributed by atoms with Gasteiger partial charge in [0, 0.05) is 5.69 Å². The molecule has 7 heteroatoms. The van der Waals surface area contributed by atoms with E-state index >= 15 is 0 Å². The Morgan fingerprint density at radius 3 is 2.64 bits per heavy atom. The molecule has 0 aliphatic heterocycles. The first-order valence-electron chi connectivity index (χ1n) is 8.74.